The normalized spacial score (nSPS) is 11.0. The predicted molar refractivity (Wildman–Crippen MR) is 109 cm³/mol. The van der Waals surface area contributed by atoms with E-state index in [0.29, 0.717) is 0 Å². The van der Waals surface area contributed by atoms with E-state index in [0.717, 1.165) is 30.1 Å². The van der Waals surface area contributed by atoms with E-state index in [4.69, 9.17) is 9.97 Å². The van der Waals surface area contributed by atoms with Crippen LogP contribution in [0.2, 0.25) is 0 Å². The molecule has 0 aliphatic carbocycles. The highest BCUT2D eigenvalue weighted by atomic mass is 14.9. The van der Waals surface area contributed by atoms with Crippen LogP contribution in [0.5, 0.6) is 0 Å². The van der Waals surface area contributed by atoms with Gasteiger partial charge in [0.2, 0.25) is 0 Å². The van der Waals surface area contributed by atoms with Gasteiger partial charge >= 0.3 is 0 Å². The van der Waals surface area contributed by atoms with Crippen LogP contribution in [0.1, 0.15) is 56.2 Å². The van der Waals surface area contributed by atoms with Crippen molar-refractivity contribution in [1.82, 2.24) is 9.97 Å². The SMILES string of the molecule is Cc1ccc(C)c(Cc2nc(C)nc(Cc3cc(C)ccc3C)c2C)c1. The number of nitrogens with zero attached hydrogens (tertiary/aromatic N) is 2. The molecule has 3 rings (SSSR count). The minimum Gasteiger partial charge on any atom is -0.238 e. The predicted octanol–water partition coefficient (Wildman–Crippen LogP) is 5.51. The van der Waals surface area contributed by atoms with Crippen molar-refractivity contribution >= 4 is 0 Å². The average Bonchev–Trinajstić information content (AvgIpc) is 2.58. The summed E-state index contributed by atoms with van der Waals surface area (Å²) in [6, 6.07) is 13.3. The van der Waals surface area contributed by atoms with E-state index in [1.807, 2.05) is 6.92 Å². The smallest absolute Gasteiger partial charge is 0.125 e. The Hall–Kier alpha value is -2.48. The molecule has 0 unspecified atom stereocenters. The van der Waals surface area contributed by atoms with Gasteiger partial charge in [-0.2, -0.15) is 0 Å². The van der Waals surface area contributed by atoms with Crippen LogP contribution < -0.4 is 0 Å². The highest BCUT2D eigenvalue weighted by Crippen LogP contribution is 2.22. The fourth-order valence-electron chi connectivity index (χ4n) is 3.44. The van der Waals surface area contributed by atoms with Crippen molar-refractivity contribution in [3.05, 3.63) is 92.6 Å². The fourth-order valence-corrected chi connectivity index (χ4v) is 3.44. The summed E-state index contributed by atoms with van der Waals surface area (Å²) in [4.78, 5) is 9.54. The molecule has 3 aromatic rings. The molecule has 0 atom stereocenters. The van der Waals surface area contributed by atoms with Crippen LogP contribution in [-0.2, 0) is 12.8 Å². The van der Waals surface area contributed by atoms with Crippen molar-refractivity contribution in [2.45, 2.75) is 54.4 Å². The summed E-state index contributed by atoms with van der Waals surface area (Å²) in [6.45, 7) is 12.8. The summed E-state index contributed by atoms with van der Waals surface area (Å²) in [5, 5.41) is 0. The highest BCUT2D eigenvalue weighted by molar-refractivity contribution is 5.39. The Balaban J connectivity index is 1.98. The lowest BCUT2D eigenvalue weighted by Gasteiger charge is -2.14. The Morgan fingerprint density at radius 3 is 1.46 bits per heavy atom. The van der Waals surface area contributed by atoms with Crippen molar-refractivity contribution < 1.29 is 0 Å². The maximum Gasteiger partial charge on any atom is 0.125 e. The second kappa shape index (κ2) is 7.41. The lowest BCUT2D eigenvalue weighted by molar-refractivity contribution is 0.885. The molecule has 1 heterocycles. The molecule has 2 heteroatoms. The largest absolute Gasteiger partial charge is 0.238 e. The first-order valence-electron chi connectivity index (χ1n) is 9.28. The van der Waals surface area contributed by atoms with E-state index < -0.39 is 0 Å². The van der Waals surface area contributed by atoms with Crippen molar-refractivity contribution in [2.24, 2.45) is 0 Å². The molecule has 0 amide bonds. The molecule has 0 bridgehead atoms. The van der Waals surface area contributed by atoms with Crippen LogP contribution in [0.25, 0.3) is 0 Å². The first kappa shape index (κ1) is 18.3. The van der Waals surface area contributed by atoms with Crippen LogP contribution >= 0.6 is 0 Å². The third-order valence-corrected chi connectivity index (χ3v) is 5.18. The summed E-state index contributed by atoms with van der Waals surface area (Å²) < 4.78 is 0. The maximum absolute atomic E-state index is 4.77. The van der Waals surface area contributed by atoms with Gasteiger partial charge in [0.25, 0.3) is 0 Å². The standard InChI is InChI=1S/C24H28N2/c1-15-7-9-17(3)21(11-15)13-23-19(5)24(26-20(6)25-23)14-22-12-16(2)8-10-18(22)4/h7-12H,13-14H2,1-6H3. The average molecular weight is 345 g/mol. The van der Waals surface area contributed by atoms with Crippen LogP contribution in [-0.4, -0.2) is 9.97 Å². The molecule has 0 saturated carbocycles. The molecule has 0 fully saturated rings. The van der Waals surface area contributed by atoms with Gasteiger partial charge in [-0.25, -0.2) is 9.97 Å². The zero-order valence-electron chi connectivity index (χ0n) is 16.8. The van der Waals surface area contributed by atoms with Crippen molar-refractivity contribution in [1.29, 1.82) is 0 Å². The highest BCUT2D eigenvalue weighted by Gasteiger charge is 2.13. The van der Waals surface area contributed by atoms with Gasteiger partial charge < -0.3 is 0 Å². The molecule has 0 aliphatic heterocycles. The van der Waals surface area contributed by atoms with E-state index in [-0.39, 0.29) is 0 Å². The van der Waals surface area contributed by atoms with E-state index in [2.05, 4.69) is 71.0 Å². The monoisotopic (exact) mass is 344 g/mol. The molecule has 2 aromatic carbocycles. The van der Waals surface area contributed by atoms with Crippen molar-refractivity contribution in [2.75, 3.05) is 0 Å². The third kappa shape index (κ3) is 4.01. The number of benzene rings is 2. The minimum absolute atomic E-state index is 0.858. The van der Waals surface area contributed by atoms with Crippen LogP contribution in [0.3, 0.4) is 0 Å². The lowest BCUT2D eigenvalue weighted by atomic mass is 9.96. The number of hydrogen-bond acceptors (Lipinski definition) is 2. The zero-order chi connectivity index (χ0) is 18.8. The van der Waals surface area contributed by atoms with Crippen molar-refractivity contribution in [3.8, 4) is 0 Å². The summed E-state index contributed by atoms with van der Waals surface area (Å²) in [6.07, 6.45) is 1.73. The number of rotatable bonds is 4. The van der Waals surface area contributed by atoms with E-state index in [9.17, 15) is 0 Å². The third-order valence-electron chi connectivity index (χ3n) is 5.18. The Kier molecular flexibility index (Phi) is 5.22. The second-order valence-electron chi connectivity index (χ2n) is 7.50. The summed E-state index contributed by atoms with van der Waals surface area (Å²) in [7, 11) is 0. The molecule has 2 nitrogen and oxygen atoms in total. The molecular weight excluding hydrogens is 316 g/mol. The van der Waals surface area contributed by atoms with Gasteiger partial charge in [0.05, 0.1) is 11.4 Å². The number of aryl methyl sites for hydroxylation is 5. The van der Waals surface area contributed by atoms with Gasteiger partial charge in [-0.3, -0.25) is 0 Å². The van der Waals surface area contributed by atoms with Gasteiger partial charge in [-0.15, -0.1) is 0 Å². The minimum atomic E-state index is 0.858. The summed E-state index contributed by atoms with van der Waals surface area (Å²) in [5.41, 5.74) is 11.4. The van der Waals surface area contributed by atoms with Gasteiger partial charge in [-0.05, 0) is 69.4 Å². The fraction of sp³-hybridized carbons (Fsp3) is 0.333. The Labute approximate surface area is 157 Å². The van der Waals surface area contributed by atoms with Gasteiger partial charge in [0, 0.05) is 12.8 Å². The van der Waals surface area contributed by atoms with E-state index >= 15 is 0 Å². The quantitative estimate of drug-likeness (QED) is 0.624. The van der Waals surface area contributed by atoms with Crippen LogP contribution in [0.15, 0.2) is 36.4 Å². The number of hydrogen-bond donors (Lipinski definition) is 0. The maximum atomic E-state index is 4.77. The first-order chi connectivity index (χ1) is 12.3. The molecule has 134 valence electrons. The molecule has 1 aromatic heterocycles. The first-order valence-corrected chi connectivity index (χ1v) is 9.28. The molecule has 0 spiro atoms. The molecule has 0 aliphatic rings. The van der Waals surface area contributed by atoms with Gasteiger partial charge in [-0.1, -0.05) is 47.5 Å². The van der Waals surface area contributed by atoms with E-state index in [1.54, 1.807) is 0 Å². The Morgan fingerprint density at radius 2 is 1.04 bits per heavy atom. The second-order valence-corrected chi connectivity index (χ2v) is 7.50. The Morgan fingerprint density at radius 1 is 0.615 bits per heavy atom. The lowest BCUT2D eigenvalue weighted by Crippen LogP contribution is -2.08. The molecule has 26 heavy (non-hydrogen) atoms. The van der Waals surface area contributed by atoms with Crippen LogP contribution in [0.4, 0.5) is 0 Å². The Bertz CT molecular complexity index is 880. The van der Waals surface area contributed by atoms with Crippen LogP contribution in [0, 0.1) is 41.5 Å². The topological polar surface area (TPSA) is 25.8 Å². The van der Waals surface area contributed by atoms with Crippen molar-refractivity contribution in [3.63, 3.8) is 0 Å². The van der Waals surface area contributed by atoms with Gasteiger partial charge in [0.1, 0.15) is 5.82 Å². The molecule has 0 N–H and O–H groups in total. The molecule has 0 radical (unpaired) electrons. The van der Waals surface area contributed by atoms with E-state index in [1.165, 1.54) is 38.9 Å². The zero-order valence-corrected chi connectivity index (χ0v) is 16.8. The molecular formula is C24H28N2. The summed E-state index contributed by atoms with van der Waals surface area (Å²) >= 11 is 0. The number of aromatic nitrogens is 2. The summed E-state index contributed by atoms with van der Waals surface area (Å²) in [5.74, 6) is 0.858. The molecule has 0 saturated heterocycles. The van der Waals surface area contributed by atoms with Gasteiger partial charge in [0.15, 0.2) is 0 Å².